The molecule has 0 unspecified atom stereocenters. The molecule has 0 radical (unpaired) electrons. The van der Waals surface area contributed by atoms with Gasteiger partial charge in [-0.25, -0.2) is 8.42 Å². The maximum atomic E-state index is 15.1. The van der Waals surface area contributed by atoms with Crippen molar-refractivity contribution in [1.82, 2.24) is 73.8 Å². The summed E-state index contributed by atoms with van der Waals surface area (Å²) in [5.41, 5.74) is 14.7. The van der Waals surface area contributed by atoms with E-state index in [-0.39, 0.29) is 57.2 Å². The fourth-order valence-corrected chi connectivity index (χ4v) is 14.3. The zero-order valence-corrected chi connectivity index (χ0v) is 65.6. The van der Waals surface area contributed by atoms with E-state index in [2.05, 4.69) is 73.8 Å². The van der Waals surface area contributed by atoms with Gasteiger partial charge in [0.25, 0.3) is 0 Å². The third kappa shape index (κ3) is 27.1. The zero-order chi connectivity index (χ0) is 82.6. The minimum atomic E-state index is -3.93. The lowest BCUT2D eigenvalue weighted by Crippen LogP contribution is -2.61. The van der Waals surface area contributed by atoms with E-state index >= 15 is 14.4 Å². The Balaban J connectivity index is 1.27. The molecule has 34 nitrogen and oxygen atoms in total. The highest BCUT2D eigenvalue weighted by molar-refractivity contribution is 8.00. The first-order chi connectivity index (χ1) is 53.8. The number of carbonyl (C=O) groups is 14. The van der Waals surface area contributed by atoms with Gasteiger partial charge in [0.15, 0.2) is 0 Å². The number of carboxylic acid groups (broad SMARTS) is 1. The summed E-state index contributed by atoms with van der Waals surface area (Å²) in [7, 11) is -3.93. The van der Waals surface area contributed by atoms with Crippen molar-refractivity contribution in [2.45, 2.75) is 178 Å². The lowest BCUT2D eigenvalue weighted by atomic mass is 9.96. The molecule has 1 aliphatic rings. The van der Waals surface area contributed by atoms with Crippen LogP contribution in [0.1, 0.15) is 109 Å². The topological polar surface area (TPSA) is 542 Å². The molecule has 7 rings (SSSR count). The number of nitrogens with one attached hydrogen (secondary N) is 14. The number of primary amides is 1. The number of amides is 13. The Kier molecular flexibility index (Phi) is 34.1. The quantitative estimate of drug-likeness (QED) is 0.0357. The molecule has 0 spiro atoms. The van der Waals surface area contributed by atoms with Crippen molar-refractivity contribution >= 4 is 137 Å². The number of fused-ring (bicyclic) bond motifs is 3. The number of H-pyrrole nitrogens is 2. The van der Waals surface area contributed by atoms with Crippen molar-refractivity contribution in [3.63, 3.8) is 0 Å². The fourth-order valence-electron chi connectivity index (χ4n) is 12.8. The second-order valence-electron chi connectivity index (χ2n) is 28.5. The Hall–Kier alpha value is -11.0. The van der Waals surface area contributed by atoms with Crippen LogP contribution in [0.2, 0.25) is 0 Å². The van der Waals surface area contributed by atoms with Crippen molar-refractivity contribution in [3.05, 3.63) is 120 Å². The number of aliphatic hydroxyl groups is 1. The summed E-state index contributed by atoms with van der Waals surface area (Å²) in [6.07, 6.45) is 3.03. The second-order valence-corrected chi connectivity index (χ2v) is 31.8. The first-order valence-corrected chi connectivity index (χ1v) is 40.8. The average Bonchev–Trinajstić information content (AvgIpc) is 1.72. The highest BCUT2D eigenvalue weighted by Gasteiger charge is 2.39. The number of aliphatic hydroxyl groups excluding tert-OH is 1. The van der Waals surface area contributed by atoms with Crippen LogP contribution in [0.4, 0.5) is 0 Å². The van der Waals surface area contributed by atoms with Crippen molar-refractivity contribution < 1.29 is 85.8 Å². The molecule has 1 fully saturated rings. The minimum Gasteiger partial charge on any atom is -0.481 e. The van der Waals surface area contributed by atoms with Gasteiger partial charge in [-0.15, -0.1) is 11.8 Å². The van der Waals surface area contributed by atoms with E-state index in [1.165, 1.54) is 0 Å². The highest BCUT2D eigenvalue weighted by atomic mass is 32.2. The van der Waals surface area contributed by atoms with Gasteiger partial charge in [0.1, 0.15) is 76.3 Å². The van der Waals surface area contributed by atoms with Gasteiger partial charge in [-0.3, -0.25) is 67.1 Å². The molecule has 20 N–H and O–H groups in total. The number of benzene rings is 4. The number of carboxylic acids is 1. The number of hydrogen-bond donors (Lipinski definition) is 18. The Bertz CT molecular complexity index is 4510. The number of para-hydroxylation sites is 2. The van der Waals surface area contributed by atoms with Crippen LogP contribution < -0.4 is 75.3 Å². The molecule has 36 heteroatoms. The van der Waals surface area contributed by atoms with E-state index in [1.54, 1.807) is 101 Å². The summed E-state index contributed by atoms with van der Waals surface area (Å²) >= 11 is 0.853. The minimum absolute atomic E-state index is 0.0547. The summed E-state index contributed by atoms with van der Waals surface area (Å²) in [6.45, 7) is 6.44. The zero-order valence-electron chi connectivity index (χ0n) is 63.9. The number of aromatic amines is 2. The summed E-state index contributed by atoms with van der Waals surface area (Å²) in [6, 6.07) is 9.14. The van der Waals surface area contributed by atoms with Crippen LogP contribution in [0.3, 0.4) is 0 Å². The fraction of sp³-hybridized carbons (Fsp3) is 0.481. The van der Waals surface area contributed by atoms with Gasteiger partial charge < -0.3 is 95.4 Å². The van der Waals surface area contributed by atoms with Crippen LogP contribution in [-0.2, 0) is 96.2 Å². The molecule has 2 aromatic heterocycles. The third-order valence-corrected chi connectivity index (χ3v) is 21.3. The molecule has 13 amide bonds. The number of unbranched alkanes of at least 4 members (excludes halogenated alkanes) is 2. The molecular weight excluding hydrogens is 1500 g/mol. The van der Waals surface area contributed by atoms with Crippen LogP contribution in [0, 0.1) is 11.8 Å². The normalized spacial score (nSPS) is 23.2. The number of carbonyl (C=O) groups excluding carboxylic acids is 13. The molecule has 0 saturated carbocycles. The Morgan fingerprint density at radius 1 is 0.522 bits per heavy atom. The SMILES string of the molecule is CCCC[C@@H]1NC(=O)[C@H](Cc2c[nH]c3ccccc23)NC(=O)[C@H](CC(=O)O)NC(=O)[C@H](CCS(C)(=O)=O)NC(=O)CNC(=O)[C@H](CO)NC(=O)[C@H]([C@@H](C)CC)NC(=O)[C@H](Cc2ccc3ccccc3c2)NC(=O)CSC[C@@H](C(N)=O)NC(=O)[C@H](C(C)C)NC(=O)[C@H](Cc2c[nH]c3ccccc23)NC(=O)[C@H](CCCCN)NC1=O. The van der Waals surface area contributed by atoms with E-state index in [1.807, 2.05) is 37.3 Å². The maximum absolute atomic E-state index is 15.1. The van der Waals surface area contributed by atoms with Crippen LogP contribution in [0.25, 0.3) is 32.6 Å². The van der Waals surface area contributed by atoms with E-state index in [9.17, 15) is 71.4 Å². The van der Waals surface area contributed by atoms with Gasteiger partial charge in [0.2, 0.25) is 76.8 Å². The smallest absolute Gasteiger partial charge is 0.305 e. The summed E-state index contributed by atoms with van der Waals surface area (Å²) in [5, 5.41) is 54.3. The number of aliphatic carboxylic acids is 1. The monoisotopic (exact) mass is 1600 g/mol. The summed E-state index contributed by atoms with van der Waals surface area (Å²) in [4.78, 5) is 206. The predicted molar refractivity (Wildman–Crippen MR) is 423 cm³/mol. The Morgan fingerprint density at radius 3 is 1.54 bits per heavy atom. The van der Waals surface area contributed by atoms with Gasteiger partial charge in [0, 0.05) is 65.5 Å². The van der Waals surface area contributed by atoms with E-state index < -0.39 is 208 Å². The van der Waals surface area contributed by atoms with Gasteiger partial charge in [-0.05, 0) is 90.1 Å². The summed E-state index contributed by atoms with van der Waals surface area (Å²) < 4.78 is 25.2. The molecule has 4 aromatic carbocycles. The molecule has 12 atom stereocenters. The molecule has 612 valence electrons. The van der Waals surface area contributed by atoms with E-state index in [0.717, 1.165) is 28.8 Å². The number of aromatic nitrogens is 2. The van der Waals surface area contributed by atoms with Crippen LogP contribution in [0.15, 0.2) is 103 Å². The number of sulfone groups is 1. The van der Waals surface area contributed by atoms with Crippen LogP contribution >= 0.6 is 11.8 Å². The van der Waals surface area contributed by atoms with E-state index in [0.29, 0.717) is 57.8 Å². The second kappa shape index (κ2) is 43.2. The van der Waals surface area contributed by atoms with Gasteiger partial charge in [-0.1, -0.05) is 133 Å². The number of hydrogen-bond acceptors (Lipinski definition) is 19. The van der Waals surface area contributed by atoms with Crippen LogP contribution in [-0.4, -0.2) is 221 Å². The predicted octanol–water partition coefficient (Wildman–Crippen LogP) is -0.566. The lowest BCUT2D eigenvalue weighted by molar-refractivity contribution is -0.141. The molecule has 1 aliphatic heterocycles. The first kappa shape index (κ1) is 89.2. The van der Waals surface area contributed by atoms with Gasteiger partial charge in [-0.2, -0.15) is 0 Å². The standard InChI is InChI=1S/C77H104N16O18S2/c1-7-9-22-53-69(101)85-54(25-16-17-29-78)70(102)87-58(34-48-37-81-52-24-15-13-21-50(48)52)75(107)92-65(42(3)4)76(108)91-61(67(79)99)40-112-41-63(96)84-56(32-44-26-27-45-18-10-11-19-46(45)31-44)74(106)93-66(43(5)8-2)77(109)90-60(39-94)68(100)82-38-62(95)83-55(28-30-113(6,110)111)71(103)89-59(35-64(97)98)73(105)88-57(72(104)86-53)33-47-36-80-51-23-14-12-20-49(47)51/h10-15,18-21,23-24,26-27,31,36-37,42-43,53-61,65-66,80-81,94H,7-9,16-17,22,25,28-30,32-35,38-41,78H2,1-6H3,(H2,79,99)(H,82,100)(H,83,95)(H,84,96)(H,85,101)(H,86,104)(H,87,102)(H,88,105)(H,89,103)(H,90,109)(H,91,108)(H,92,107)(H,93,106)(H,97,98)/t43-,53-,54-,55-,56-,57-,58-,59-,60-,61-,65-,66-/m0/s1. The van der Waals surface area contributed by atoms with E-state index in [4.69, 9.17) is 11.5 Å². The maximum Gasteiger partial charge on any atom is 0.305 e. The molecule has 0 aliphatic carbocycles. The highest BCUT2D eigenvalue weighted by Crippen LogP contribution is 2.24. The molecule has 6 aromatic rings. The van der Waals surface area contributed by atoms with Crippen molar-refractivity contribution in [3.8, 4) is 0 Å². The molecule has 3 heterocycles. The number of nitrogens with two attached hydrogens (primary N) is 2. The Labute approximate surface area is 657 Å². The summed E-state index contributed by atoms with van der Waals surface area (Å²) in [5.74, 6) is -17.6. The molecule has 113 heavy (non-hydrogen) atoms. The number of thioether (sulfide) groups is 1. The molecular formula is C77H104N16O18S2. The van der Waals surface area contributed by atoms with Gasteiger partial charge >= 0.3 is 5.97 Å². The van der Waals surface area contributed by atoms with Gasteiger partial charge in [0.05, 0.1) is 31.1 Å². The Morgan fingerprint density at radius 2 is 1.00 bits per heavy atom. The average molecular weight is 1610 g/mol. The van der Waals surface area contributed by atoms with Crippen LogP contribution in [0.5, 0.6) is 0 Å². The largest absolute Gasteiger partial charge is 0.481 e. The lowest BCUT2D eigenvalue weighted by Gasteiger charge is -2.29. The first-order valence-electron chi connectivity index (χ1n) is 37.5. The molecule has 1 saturated heterocycles. The van der Waals surface area contributed by atoms with Crippen molar-refractivity contribution in [1.29, 1.82) is 0 Å². The van der Waals surface area contributed by atoms with Crippen molar-refractivity contribution in [2.24, 2.45) is 23.3 Å². The third-order valence-electron chi connectivity index (χ3n) is 19.3. The van der Waals surface area contributed by atoms with Crippen molar-refractivity contribution in [2.75, 3.05) is 43.2 Å². The molecule has 0 bridgehead atoms. The number of rotatable bonds is 23.